The van der Waals surface area contributed by atoms with Gasteiger partial charge in [-0.25, -0.2) is 9.97 Å². The number of aromatic hydroxyl groups is 1. The Morgan fingerprint density at radius 2 is 1.91 bits per heavy atom. The molecule has 3 aromatic rings. The van der Waals surface area contributed by atoms with Gasteiger partial charge in [-0.05, 0) is 78.1 Å². The van der Waals surface area contributed by atoms with Crippen LogP contribution in [-0.2, 0) is 0 Å². The van der Waals surface area contributed by atoms with Crippen molar-refractivity contribution >= 4 is 17.4 Å². The smallest absolute Gasteiger partial charge is 0.163 e. The topological polar surface area (TPSA) is 87.3 Å². The van der Waals surface area contributed by atoms with Gasteiger partial charge in [0.25, 0.3) is 0 Å². The Morgan fingerprint density at radius 1 is 1.12 bits per heavy atom. The standard InChI is InChI=1S/C25H30ClN5O2/c1-13-11-18(9-10-27-13)31(17-5-6-17)25-14(2)23(22-15(3)30-33-16(22)4)28-24(29-25)20-12-19(32)7-8-21(20)26/h7-8,12-13,17-18,27,32H,5-6,9-11H2,1-4H3/t13-,18-/m0/s1. The van der Waals surface area contributed by atoms with Gasteiger partial charge in [0.1, 0.15) is 17.3 Å². The summed E-state index contributed by atoms with van der Waals surface area (Å²) < 4.78 is 5.49. The Bertz CT molecular complexity index is 1170. The lowest BCUT2D eigenvalue weighted by atomic mass is 9.97. The highest BCUT2D eigenvalue weighted by molar-refractivity contribution is 6.33. The number of aromatic nitrogens is 3. The molecule has 2 fully saturated rings. The molecule has 2 atom stereocenters. The molecule has 1 saturated carbocycles. The van der Waals surface area contributed by atoms with E-state index in [2.05, 4.69) is 29.2 Å². The summed E-state index contributed by atoms with van der Waals surface area (Å²) in [7, 11) is 0. The summed E-state index contributed by atoms with van der Waals surface area (Å²) in [5.74, 6) is 2.29. The minimum absolute atomic E-state index is 0.130. The zero-order valence-corrected chi connectivity index (χ0v) is 20.3. The first-order valence-electron chi connectivity index (χ1n) is 11.7. The fourth-order valence-corrected chi connectivity index (χ4v) is 5.18. The molecule has 1 aromatic carbocycles. The Morgan fingerprint density at radius 3 is 2.58 bits per heavy atom. The number of anilines is 1. The van der Waals surface area contributed by atoms with Crippen molar-refractivity contribution in [2.75, 3.05) is 11.4 Å². The van der Waals surface area contributed by atoms with Crippen molar-refractivity contribution < 1.29 is 9.63 Å². The molecule has 5 rings (SSSR count). The van der Waals surface area contributed by atoms with Gasteiger partial charge >= 0.3 is 0 Å². The molecular weight excluding hydrogens is 438 g/mol. The van der Waals surface area contributed by atoms with E-state index in [-0.39, 0.29) is 5.75 Å². The van der Waals surface area contributed by atoms with Gasteiger partial charge < -0.3 is 19.8 Å². The maximum absolute atomic E-state index is 10.1. The van der Waals surface area contributed by atoms with Crippen LogP contribution in [0.3, 0.4) is 0 Å². The summed E-state index contributed by atoms with van der Waals surface area (Å²) in [5.41, 5.74) is 4.12. The summed E-state index contributed by atoms with van der Waals surface area (Å²) >= 11 is 6.54. The largest absolute Gasteiger partial charge is 0.508 e. The van der Waals surface area contributed by atoms with Crippen molar-refractivity contribution in [2.45, 2.75) is 71.5 Å². The monoisotopic (exact) mass is 467 g/mol. The number of nitrogens with one attached hydrogen (secondary N) is 1. The fourth-order valence-electron chi connectivity index (χ4n) is 4.98. The van der Waals surface area contributed by atoms with Gasteiger partial charge in [-0.2, -0.15) is 0 Å². The summed E-state index contributed by atoms with van der Waals surface area (Å²) in [6.45, 7) is 9.18. The van der Waals surface area contributed by atoms with E-state index in [4.69, 9.17) is 26.1 Å². The molecule has 3 heterocycles. The summed E-state index contributed by atoms with van der Waals surface area (Å²) in [4.78, 5) is 12.6. The van der Waals surface area contributed by atoms with E-state index >= 15 is 0 Å². The SMILES string of the molecule is Cc1noc(C)c1-c1nc(-c2cc(O)ccc2Cl)nc(N(C2CC2)[C@H]2CCN[C@@H](C)C2)c1C. The van der Waals surface area contributed by atoms with Gasteiger partial charge in [-0.3, -0.25) is 0 Å². The average Bonchev–Trinajstić information content (AvgIpc) is 3.56. The van der Waals surface area contributed by atoms with Crippen LogP contribution >= 0.6 is 11.6 Å². The predicted octanol–water partition coefficient (Wildman–Crippen LogP) is 5.19. The van der Waals surface area contributed by atoms with Crippen LogP contribution in [0.25, 0.3) is 22.6 Å². The van der Waals surface area contributed by atoms with E-state index in [1.165, 1.54) is 12.8 Å². The molecule has 1 aliphatic heterocycles. The third-order valence-electron chi connectivity index (χ3n) is 6.76. The van der Waals surface area contributed by atoms with Crippen LogP contribution in [0.5, 0.6) is 5.75 Å². The summed E-state index contributed by atoms with van der Waals surface area (Å²) in [6, 6.07) is 6.24. The molecule has 33 heavy (non-hydrogen) atoms. The van der Waals surface area contributed by atoms with Gasteiger partial charge in [0.15, 0.2) is 5.82 Å². The number of rotatable bonds is 5. The van der Waals surface area contributed by atoms with Crippen LogP contribution in [0.4, 0.5) is 5.82 Å². The van der Waals surface area contributed by atoms with Crippen molar-refractivity contribution in [2.24, 2.45) is 0 Å². The average molecular weight is 468 g/mol. The number of hydrogen-bond donors (Lipinski definition) is 2. The van der Waals surface area contributed by atoms with Crippen LogP contribution in [0.15, 0.2) is 22.7 Å². The molecule has 8 heteroatoms. The number of phenolic OH excluding ortho intramolecular Hbond substituents is 1. The van der Waals surface area contributed by atoms with Crippen LogP contribution in [-0.4, -0.2) is 44.9 Å². The molecule has 0 unspecified atom stereocenters. The van der Waals surface area contributed by atoms with Crippen molar-refractivity contribution in [1.29, 1.82) is 0 Å². The molecule has 1 saturated heterocycles. The van der Waals surface area contributed by atoms with Crippen molar-refractivity contribution in [1.82, 2.24) is 20.4 Å². The Balaban J connectivity index is 1.73. The van der Waals surface area contributed by atoms with Crippen LogP contribution in [0, 0.1) is 20.8 Å². The number of hydrogen-bond acceptors (Lipinski definition) is 7. The molecule has 174 valence electrons. The first-order valence-corrected chi connectivity index (χ1v) is 12.0. The second-order valence-electron chi connectivity index (χ2n) is 9.38. The molecule has 7 nitrogen and oxygen atoms in total. The van der Waals surface area contributed by atoms with Crippen molar-refractivity contribution in [3.8, 4) is 28.4 Å². The molecular formula is C25H30ClN5O2. The van der Waals surface area contributed by atoms with E-state index < -0.39 is 0 Å². The summed E-state index contributed by atoms with van der Waals surface area (Å²) in [6.07, 6.45) is 4.49. The van der Waals surface area contributed by atoms with Crippen LogP contribution < -0.4 is 10.2 Å². The minimum Gasteiger partial charge on any atom is -0.508 e. The maximum Gasteiger partial charge on any atom is 0.163 e. The third kappa shape index (κ3) is 4.20. The lowest BCUT2D eigenvalue weighted by Crippen LogP contribution is -2.48. The maximum atomic E-state index is 10.1. The molecule has 2 N–H and O–H groups in total. The molecule has 0 radical (unpaired) electrons. The second kappa shape index (κ2) is 8.61. The number of piperidine rings is 1. The normalized spacial score (nSPS) is 20.8. The number of halogens is 1. The van der Waals surface area contributed by atoms with Crippen molar-refractivity contribution in [3.05, 3.63) is 40.2 Å². The van der Waals surface area contributed by atoms with E-state index in [1.807, 2.05) is 13.8 Å². The van der Waals surface area contributed by atoms with Crippen LogP contribution in [0.1, 0.15) is 49.6 Å². The van der Waals surface area contributed by atoms with Gasteiger partial charge in [-0.1, -0.05) is 16.8 Å². The zero-order valence-electron chi connectivity index (χ0n) is 19.5. The zero-order chi connectivity index (χ0) is 23.3. The highest BCUT2D eigenvalue weighted by Crippen LogP contribution is 2.41. The number of benzene rings is 1. The van der Waals surface area contributed by atoms with E-state index in [0.29, 0.717) is 34.5 Å². The molecule has 0 amide bonds. The van der Waals surface area contributed by atoms with E-state index in [9.17, 15) is 5.11 Å². The number of nitrogens with zero attached hydrogens (tertiary/aromatic N) is 4. The molecule has 1 aliphatic carbocycles. The predicted molar refractivity (Wildman–Crippen MR) is 130 cm³/mol. The Labute approximate surface area is 199 Å². The number of aryl methyl sites for hydroxylation is 2. The fraction of sp³-hybridized carbons (Fsp3) is 0.480. The lowest BCUT2D eigenvalue weighted by Gasteiger charge is -2.39. The Hall–Kier alpha value is -2.64. The molecule has 0 bridgehead atoms. The van der Waals surface area contributed by atoms with Gasteiger partial charge in [0, 0.05) is 29.3 Å². The van der Waals surface area contributed by atoms with Crippen LogP contribution in [0.2, 0.25) is 5.02 Å². The van der Waals surface area contributed by atoms with Gasteiger partial charge in [0.2, 0.25) is 0 Å². The van der Waals surface area contributed by atoms with Gasteiger partial charge in [0.05, 0.1) is 22.0 Å². The highest BCUT2D eigenvalue weighted by atomic mass is 35.5. The minimum atomic E-state index is 0.130. The quantitative estimate of drug-likeness (QED) is 0.533. The van der Waals surface area contributed by atoms with E-state index in [0.717, 1.165) is 53.5 Å². The lowest BCUT2D eigenvalue weighted by molar-refractivity contribution is 0.360. The number of phenols is 1. The highest BCUT2D eigenvalue weighted by Gasteiger charge is 2.38. The molecule has 0 spiro atoms. The van der Waals surface area contributed by atoms with E-state index in [1.54, 1.807) is 18.2 Å². The third-order valence-corrected chi connectivity index (χ3v) is 7.08. The molecule has 2 aliphatic rings. The first-order chi connectivity index (χ1) is 15.8. The van der Waals surface area contributed by atoms with Gasteiger partial charge in [-0.15, -0.1) is 0 Å². The van der Waals surface area contributed by atoms with Crippen molar-refractivity contribution in [3.63, 3.8) is 0 Å². The molecule has 2 aromatic heterocycles. The first kappa shape index (κ1) is 22.2. The Kier molecular flexibility index (Phi) is 5.79. The summed E-state index contributed by atoms with van der Waals surface area (Å²) in [5, 5.41) is 18.4. The second-order valence-corrected chi connectivity index (χ2v) is 9.79.